The van der Waals surface area contributed by atoms with Crippen LogP contribution in [0.1, 0.15) is 0 Å². The van der Waals surface area contributed by atoms with Crippen molar-refractivity contribution in [3.8, 4) is 5.69 Å². The summed E-state index contributed by atoms with van der Waals surface area (Å²) in [6, 6.07) is 4.34. The minimum absolute atomic E-state index is 0.00495. The van der Waals surface area contributed by atoms with Crippen LogP contribution in [0.4, 0.5) is 17.1 Å². The van der Waals surface area contributed by atoms with Crippen LogP contribution in [-0.4, -0.2) is 32.8 Å². The quantitative estimate of drug-likeness (QED) is 0.616. The van der Waals surface area contributed by atoms with Crippen LogP contribution in [0.25, 0.3) is 5.69 Å². The average Bonchev–Trinajstić information content (AvgIpc) is 2.49. The van der Waals surface area contributed by atoms with E-state index in [2.05, 4.69) is 6.58 Å². The van der Waals surface area contributed by atoms with Crippen LogP contribution in [0, 0.1) is 0 Å². The van der Waals surface area contributed by atoms with Crippen molar-refractivity contribution in [2.45, 2.75) is 4.90 Å². The van der Waals surface area contributed by atoms with E-state index in [-0.39, 0.29) is 27.5 Å². The molecule has 4 N–H and O–H groups in total. The largest absolute Gasteiger partial charge is 0.397 e. The number of nitrogens with two attached hydrogens (primary N) is 2. The second-order valence-electron chi connectivity index (χ2n) is 5.48. The number of hydrogen-bond acceptors (Lipinski definition) is 6. The van der Waals surface area contributed by atoms with Gasteiger partial charge in [-0.3, -0.25) is 4.79 Å². The first-order chi connectivity index (χ1) is 11.2. The Morgan fingerprint density at radius 2 is 1.83 bits per heavy atom. The molecule has 2 rings (SSSR count). The minimum atomic E-state index is -3.72. The average molecular weight is 348 g/mol. The van der Waals surface area contributed by atoms with E-state index in [1.807, 2.05) is 0 Å². The predicted molar refractivity (Wildman–Crippen MR) is 97.4 cm³/mol. The molecule has 0 bridgehead atoms. The van der Waals surface area contributed by atoms with E-state index in [4.69, 9.17) is 11.5 Å². The third kappa shape index (κ3) is 3.13. The van der Waals surface area contributed by atoms with E-state index in [9.17, 15) is 13.2 Å². The first kappa shape index (κ1) is 17.6. The molecular formula is C16H20N4O3S. The third-order valence-corrected chi connectivity index (χ3v) is 5.19. The number of pyridine rings is 1. The lowest BCUT2D eigenvalue weighted by Gasteiger charge is -2.24. The molecule has 0 amide bonds. The molecule has 1 aromatic carbocycles. The van der Waals surface area contributed by atoms with Gasteiger partial charge >= 0.3 is 0 Å². The Bertz CT molecular complexity index is 926. The summed E-state index contributed by atoms with van der Waals surface area (Å²) >= 11 is 0. The van der Waals surface area contributed by atoms with Crippen LogP contribution in [0.3, 0.4) is 0 Å². The van der Waals surface area contributed by atoms with Gasteiger partial charge in [0.15, 0.2) is 15.3 Å². The van der Waals surface area contributed by atoms with E-state index < -0.39 is 9.84 Å². The molecule has 1 heterocycles. The zero-order valence-electron chi connectivity index (χ0n) is 13.6. The SMILES string of the molecule is C=CCS(=O)(=O)c1c(N)c(N)cc(-n2ccc(=O)cc2)c1N(C)C. The normalized spacial score (nSPS) is 11.2. The maximum Gasteiger partial charge on any atom is 0.186 e. The molecule has 2 aromatic rings. The summed E-state index contributed by atoms with van der Waals surface area (Å²) in [6.07, 6.45) is 4.39. The Morgan fingerprint density at radius 1 is 1.25 bits per heavy atom. The molecular weight excluding hydrogens is 328 g/mol. The molecule has 0 saturated carbocycles. The fourth-order valence-corrected chi connectivity index (χ4v) is 3.94. The molecule has 0 fully saturated rings. The van der Waals surface area contributed by atoms with E-state index in [0.717, 1.165) is 0 Å². The fraction of sp³-hybridized carbons (Fsp3) is 0.188. The van der Waals surface area contributed by atoms with Gasteiger partial charge in [0.05, 0.1) is 28.5 Å². The van der Waals surface area contributed by atoms with Gasteiger partial charge in [0.1, 0.15) is 4.90 Å². The van der Waals surface area contributed by atoms with Gasteiger partial charge in [-0.05, 0) is 6.07 Å². The van der Waals surface area contributed by atoms with Gasteiger partial charge < -0.3 is 20.9 Å². The summed E-state index contributed by atoms with van der Waals surface area (Å²) in [7, 11) is -0.293. The molecule has 0 aliphatic rings. The molecule has 0 radical (unpaired) electrons. The highest BCUT2D eigenvalue weighted by atomic mass is 32.2. The van der Waals surface area contributed by atoms with E-state index >= 15 is 0 Å². The van der Waals surface area contributed by atoms with Crippen LogP contribution >= 0.6 is 0 Å². The number of hydrogen-bond donors (Lipinski definition) is 2. The number of nitrogens with zero attached hydrogens (tertiary/aromatic N) is 2. The van der Waals surface area contributed by atoms with Gasteiger partial charge in [-0.1, -0.05) is 6.08 Å². The van der Waals surface area contributed by atoms with Crippen LogP contribution in [0.15, 0.2) is 52.9 Å². The Morgan fingerprint density at radius 3 is 2.33 bits per heavy atom. The van der Waals surface area contributed by atoms with Gasteiger partial charge in [0, 0.05) is 38.6 Å². The van der Waals surface area contributed by atoms with Crippen molar-refractivity contribution in [1.82, 2.24) is 4.57 Å². The monoisotopic (exact) mass is 348 g/mol. The van der Waals surface area contributed by atoms with Crippen LogP contribution < -0.4 is 21.8 Å². The number of sulfone groups is 1. The summed E-state index contributed by atoms with van der Waals surface area (Å²) in [5.41, 5.74) is 12.8. The lowest BCUT2D eigenvalue weighted by molar-refractivity contribution is 0.599. The smallest absolute Gasteiger partial charge is 0.186 e. The Kier molecular flexibility index (Phi) is 4.70. The van der Waals surface area contributed by atoms with Crippen molar-refractivity contribution in [1.29, 1.82) is 0 Å². The zero-order valence-corrected chi connectivity index (χ0v) is 14.4. The zero-order chi connectivity index (χ0) is 18.1. The lowest BCUT2D eigenvalue weighted by Crippen LogP contribution is -2.20. The predicted octanol–water partition coefficient (Wildman–Crippen LogP) is 1.03. The second-order valence-corrected chi connectivity index (χ2v) is 7.45. The molecule has 0 aliphatic heterocycles. The number of rotatable bonds is 5. The number of aromatic nitrogens is 1. The van der Waals surface area contributed by atoms with Crippen molar-refractivity contribution < 1.29 is 8.42 Å². The van der Waals surface area contributed by atoms with Gasteiger partial charge in [0.25, 0.3) is 0 Å². The summed E-state index contributed by atoms with van der Waals surface area (Å²) in [5.74, 6) is -0.259. The Hall–Kier alpha value is -2.74. The van der Waals surface area contributed by atoms with Crippen molar-refractivity contribution >= 4 is 26.9 Å². The molecule has 128 valence electrons. The molecule has 0 saturated heterocycles. The highest BCUT2D eigenvalue weighted by Crippen LogP contribution is 2.39. The van der Waals surface area contributed by atoms with Gasteiger partial charge in [-0.15, -0.1) is 6.58 Å². The first-order valence-corrected chi connectivity index (χ1v) is 8.76. The number of anilines is 3. The third-order valence-electron chi connectivity index (χ3n) is 3.48. The van der Waals surface area contributed by atoms with Gasteiger partial charge in [0.2, 0.25) is 0 Å². The highest BCUT2D eigenvalue weighted by Gasteiger charge is 2.27. The highest BCUT2D eigenvalue weighted by molar-refractivity contribution is 7.91. The second kappa shape index (κ2) is 6.40. The van der Waals surface area contributed by atoms with Gasteiger partial charge in [-0.25, -0.2) is 8.42 Å². The molecule has 8 heteroatoms. The molecule has 0 atom stereocenters. The van der Waals surface area contributed by atoms with Crippen LogP contribution in [0.5, 0.6) is 0 Å². The van der Waals surface area contributed by atoms with Gasteiger partial charge in [-0.2, -0.15) is 0 Å². The standard InChI is InChI=1S/C16H20N4O3S/c1-4-9-24(22,23)16-14(18)12(17)10-13(15(16)19(2)3)20-7-5-11(21)6-8-20/h4-8,10H,1,9,17-18H2,2-3H3. The summed E-state index contributed by atoms with van der Waals surface area (Å²) in [6.45, 7) is 3.48. The molecule has 0 spiro atoms. The van der Waals surface area contributed by atoms with E-state index in [1.54, 1.807) is 42.0 Å². The molecule has 0 unspecified atom stereocenters. The number of benzene rings is 1. The van der Waals surface area contributed by atoms with Crippen molar-refractivity contribution in [2.75, 3.05) is 36.2 Å². The van der Waals surface area contributed by atoms with Crippen LogP contribution in [-0.2, 0) is 9.84 Å². The minimum Gasteiger partial charge on any atom is -0.397 e. The van der Waals surface area contributed by atoms with E-state index in [0.29, 0.717) is 11.4 Å². The summed E-state index contributed by atoms with van der Waals surface area (Å²) < 4.78 is 27.0. The molecule has 24 heavy (non-hydrogen) atoms. The maximum atomic E-state index is 12.7. The van der Waals surface area contributed by atoms with E-state index in [1.165, 1.54) is 18.2 Å². The van der Waals surface area contributed by atoms with Crippen LogP contribution in [0.2, 0.25) is 0 Å². The molecule has 0 aliphatic carbocycles. The maximum absolute atomic E-state index is 12.7. The van der Waals surface area contributed by atoms with Crippen molar-refractivity contribution in [3.63, 3.8) is 0 Å². The number of nitrogen functional groups attached to an aromatic ring is 2. The van der Waals surface area contributed by atoms with Crippen molar-refractivity contribution in [2.24, 2.45) is 0 Å². The Balaban J connectivity index is 2.92. The Labute approximate surface area is 140 Å². The summed E-state index contributed by atoms with van der Waals surface area (Å²) in [5, 5.41) is 0. The van der Waals surface area contributed by atoms with Crippen molar-refractivity contribution in [3.05, 3.63) is 53.5 Å². The fourth-order valence-electron chi connectivity index (χ4n) is 2.42. The lowest BCUT2D eigenvalue weighted by atomic mass is 10.2. The summed E-state index contributed by atoms with van der Waals surface area (Å²) in [4.78, 5) is 12.9. The first-order valence-electron chi connectivity index (χ1n) is 7.10. The molecule has 7 nitrogen and oxygen atoms in total. The topological polar surface area (TPSA) is 111 Å². The molecule has 1 aromatic heterocycles.